The number of hydrogen-bond acceptors (Lipinski definition) is 4. The molecule has 0 aliphatic rings. The molecule has 0 aliphatic heterocycles. The second kappa shape index (κ2) is 7.95. The van der Waals surface area contributed by atoms with Crippen molar-refractivity contribution in [1.29, 1.82) is 0 Å². The van der Waals surface area contributed by atoms with Crippen LogP contribution in [0.25, 0.3) is 0 Å². The first-order chi connectivity index (χ1) is 8.00. The molecule has 1 aromatic carbocycles. The summed E-state index contributed by atoms with van der Waals surface area (Å²) in [6.45, 7) is 5.23. The van der Waals surface area contributed by atoms with Gasteiger partial charge in [0.05, 0.1) is 0 Å². The molecule has 0 amide bonds. The van der Waals surface area contributed by atoms with E-state index in [-0.39, 0.29) is 24.6 Å². The molecule has 18 heavy (non-hydrogen) atoms. The summed E-state index contributed by atoms with van der Waals surface area (Å²) in [6, 6.07) is 8.80. The lowest BCUT2D eigenvalue weighted by Gasteiger charge is -2.22. The highest BCUT2D eigenvalue weighted by molar-refractivity contribution is 5.85. The lowest BCUT2D eigenvalue weighted by molar-refractivity contribution is -0.153. The van der Waals surface area contributed by atoms with E-state index in [2.05, 4.69) is 0 Å². The van der Waals surface area contributed by atoms with Gasteiger partial charge in [0.1, 0.15) is 24.0 Å². The maximum absolute atomic E-state index is 11.3. The molecule has 0 heterocycles. The summed E-state index contributed by atoms with van der Waals surface area (Å²) in [5.41, 5.74) is 5.42. The van der Waals surface area contributed by atoms with E-state index in [0.29, 0.717) is 0 Å². The van der Waals surface area contributed by atoms with Gasteiger partial charge >= 0.3 is 5.97 Å². The van der Waals surface area contributed by atoms with Crippen molar-refractivity contribution >= 4 is 18.4 Å². The van der Waals surface area contributed by atoms with Crippen LogP contribution < -0.4 is 10.5 Å². The quantitative estimate of drug-likeness (QED) is 0.835. The smallest absolute Gasteiger partial charge is 0.323 e. The van der Waals surface area contributed by atoms with Gasteiger partial charge in [-0.1, -0.05) is 18.2 Å². The third-order valence-electron chi connectivity index (χ3n) is 2.40. The van der Waals surface area contributed by atoms with Crippen molar-refractivity contribution in [2.24, 2.45) is 5.73 Å². The number of para-hydroxylation sites is 1. The largest absolute Gasteiger partial charge is 0.487 e. The molecule has 0 saturated carbocycles. The number of carbonyl (C=O) groups is 1. The average molecular weight is 274 g/mol. The van der Waals surface area contributed by atoms with E-state index < -0.39 is 12.0 Å². The Kier molecular flexibility index (Phi) is 7.39. The summed E-state index contributed by atoms with van der Waals surface area (Å²) in [6.07, 6.45) is -0.561. The van der Waals surface area contributed by atoms with Crippen LogP contribution >= 0.6 is 12.4 Å². The Morgan fingerprint density at radius 2 is 1.67 bits per heavy atom. The first kappa shape index (κ1) is 16.7. The van der Waals surface area contributed by atoms with Crippen LogP contribution in [0.15, 0.2) is 30.3 Å². The molecule has 4 nitrogen and oxygen atoms in total. The Morgan fingerprint density at radius 3 is 2.17 bits per heavy atom. The summed E-state index contributed by atoms with van der Waals surface area (Å²) in [7, 11) is 0. The van der Waals surface area contributed by atoms with Crippen molar-refractivity contribution in [1.82, 2.24) is 0 Å². The van der Waals surface area contributed by atoms with Crippen molar-refractivity contribution in [3.63, 3.8) is 0 Å². The van der Waals surface area contributed by atoms with E-state index in [1.54, 1.807) is 13.8 Å². The second-order valence-electron chi connectivity index (χ2n) is 4.07. The normalized spacial score (nSPS) is 14.9. The van der Waals surface area contributed by atoms with Crippen LogP contribution in [0.3, 0.4) is 0 Å². The zero-order valence-corrected chi connectivity index (χ0v) is 11.6. The standard InChI is InChI=1S/C13H19NO3.ClH/c1-9(14)13(15)17-11(3)10(2)16-12-7-5-4-6-8-12;/h4-11H,14H2,1-3H3;1H/t9-,10+,11-;/m0./s1. The van der Waals surface area contributed by atoms with Crippen LogP contribution in [-0.2, 0) is 9.53 Å². The van der Waals surface area contributed by atoms with Crippen molar-refractivity contribution in [3.05, 3.63) is 30.3 Å². The minimum atomic E-state index is -0.610. The number of rotatable bonds is 5. The average Bonchev–Trinajstić information content (AvgIpc) is 2.29. The Balaban J connectivity index is 0.00000289. The summed E-state index contributed by atoms with van der Waals surface area (Å²) < 4.78 is 10.8. The monoisotopic (exact) mass is 273 g/mol. The number of hydrogen-bond donors (Lipinski definition) is 1. The molecule has 1 aromatic rings. The van der Waals surface area contributed by atoms with Crippen molar-refractivity contribution in [2.45, 2.75) is 39.0 Å². The predicted molar refractivity (Wildman–Crippen MR) is 73.0 cm³/mol. The van der Waals surface area contributed by atoms with E-state index in [0.717, 1.165) is 5.75 Å². The molecule has 102 valence electrons. The molecule has 0 fully saturated rings. The zero-order valence-electron chi connectivity index (χ0n) is 10.8. The Labute approximate surface area is 114 Å². The van der Waals surface area contributed by atoms with E-state index in [9.17, 15) is 4.79 Å². The van der Waals surface area contributed by atoms with Gasteiger partial charge in [0.15, 0.2) is 0 Å². The first-order valence-corrected chi connectivity index (χ1v) is 5.68. The maximum Gasteiger partial charge on any atom is 0.323 e. The van der Waals surface area contributed by atoms with Crippen LogP contribution in [0.5, 0.6) is 5.75 Å². The van der Waals surface area contributed by atoms with Gasteiger partial charge in [-0.25, -0.2) is 0 Å². The lowest BCUT2D eigenvalue weighted by atomic mass is 10.2. The third kappa shape index (κ3) is 5.38. The molecule has 0 bridgehead atoms. The van der Waals surface area contributed by atoms with Crippen molar-refractivity contribution < 1.29 is 14.3 Å². The lowest BCUT2D eigenvalue weighted by Crippen LogP contribution is -2.37. The highest BCUT2D eigenvalue weighted by Crippen LogP contribution is 2.13. The molecule has 0 radical (unpaired) electrons. The van der Waals surface area contributed by atoms with Crippen molar-refractivity contribution in [3.8, 4) is 5.75 Å². The van der Waals surface area contributed by atoms with Crippen LogP contribution in [-0.4, -0.2) is 24.2 Å². The van der Waals surface area contributed by atoms with Crippen LogP contribution in [0.4, 0.5) is 0 Å². The van der Waals surface area contributed by atoms with Gasteiger partial charge in [-0.3, -0.25) is 4.79 Å². The van der Waals surface area contributed by atoms with E-state index in [4.69, 9.17) is 15.2 Å². The van der Waals surface area contributed by atoms with Gasteiger partial charge in [0.2, 0.25) is 0 Å². The Bertz CT molecular complexity index is 357. The highest BCUT2D eigenvalue weighted by Gasteiger charge is 2.20. The SMILES string of the molecule is C[C@H](N)C(=O)O[C@@H](C)[C@@H](C)Oc1ccccc1.Cl. The molecule has 0 unspecified atom stereocenters. The highest BCUT2D eigenvalue weighted by atomic mass is 35.5. The van der Waals surface area contributed by atoms with Gasteiger partial charge in [-0.05, 0) is 32.9 Å². The van der Waals surface area contributed by atoms with Crippen LogP contribution in [0.1, 0.15) is 20.8 Å². The fourth-order valence-electron chi connectivity index (χ4n) is 1.20. The first-order valence-electron chi connectivity index (χ1n) is 5.68. The maximum atomic E-state index is 11.3. The van der Waals surface area contributed by atoms with Gasteiger partial charge in [0, 0.05) is 0 Å². The van der Waals surface area contributed by atoms with Gasteiger partial charge in [-0.15, -0.1) is 12.4 Å². The summed E-state index contributed by atoms with van der Waals surface area (Å²) in [5.74, 6) is 0.338. The zero-order chi connectivity index (χ0) is 12.8. The number of halogens is 1. The summed E-state index contributed by atoms with van der Waals surface area (Å²) in [5, 5.41) is 0. The molecule has 1 rings (SSSR count). The summed E-state index contributed by atoms with van der Waals surface area (Å²) >= 11 is 0. The molecular formula is C13H20ClNO3. The topological polar surface area (TPSA) is 61.6 Å². The van der Waals surface area contributed by atoms with Crippen LogP contribution in [0.2, 0.25) is 0 Å². The summed E-state index contributed by atoms with van der Waals surface area (Å²) in [4.78, 5) is 11.3. The number of benzene rings is 1. The number of esters is 1. The Morgan fingerprint density at radius 1 is 1.11 bits per heavy atom. The molecule has 0 saturated heterocycles. The van der Waals surface area contributed by atoms with E-state index in [1.807, 2.05) is 37.3 Å². The molecule has 2 N–H and O–H groups in total. The number of nitrogens with two attached hydrogens (primary N) is 1. The third-order valence-corrected chi connectivity index (χ3v) is 2.40. The van der Waals surface area contributed by atoms with Gasteiger partial charge in [-0.2, -0.15) is 0 Å². The van der Waals surface area contributed by atoms with E-state index >= 15 is 0 Å². The van der Waals surface area contributed by atoms with Gasteiger partial charge in [0.25, 0.3) is 0 Å². The number of carbonyl (C=O) groups excluding carboxylic acids is 1. The minimum absolute atomic E-state index is 0. The molecular weight excluding hydrogens is 254 g/mol. The number of ether oxygens (including phenoxy) is 2. The van der Waals surface area contributed by atoms with E-state index in [1.165, 1.54) is 0 Å². The van der Waals surface area contributed by atoms with Gasteiger partial charge < -0.3 is 15.2 Å². The molecule has 0 aliphatic carbocycles. The Hall–Kier alpha value is -1.26. The minimum Gasteiger partial charge on any atom is -0.487 e. The molecule has 0 spiro atoms. The molecule has 5 heteroatoms. The second-order valence-corrected chi connectivity index (χ2v) is 4.07. The predicted octanol–water partition coefficient (Wildman–Crippen LogP) is 2.15. The fraction of sp³-hybridized carbons (Fsp3) is 0.462. The van der Waals surface area contributed by atoms with Crippen LogP contribution in [0, 0.1) is 0 Å². The van der Waals surface area contributed by atoms with Crippen molar-refractivity contribution in [2.75, 3.05) is 0 Å². The molecule has 0 aromatic heterocycles. The molecule has 3 atom stereocenters. The fourth-order valence-corrected chi connectivity index (χ4v) is 1.20.